The van der Waals surface area contributed by atoms with E-state index >= 15 is 0 Å². The summed E-state index contributed by atoms with van der Waals surface area (Å²) in [5, 5.41) is 3.47. The highest BCUT2D eigenvalue weighted by Crippen LogP contribution is 2.10. The topological polar surface area (TPSA) is 30.5 Å². The summed E-state index contributed by atoms with van der Waals surface area (Å²) in [7, 11) is 0. The fraction of sp³-hybridized carbons (Fsp3) is 0.600. The van der Waals surface area contributed by atoms with Gasteiger partial charge in [0.2, 0.25) is 0 Å². The van der Waals surface area contributed by atoms with Crippen LogP contribution in [0.4, 0.5) is 0 Å². The molecule has 1 unspecified atom stereocenters. The molecule has 0 aliphatic heterocycles. The number of benzene rings is 1. The van der Waals surface area contributed by atoms with Crippen LogP contribution in [-0.2, 0) is 22.6 Å². The van der Waals surface area contributed by atoms with E-state index < -0.39 is 0 Å². The van der Waals surface area contributed by atoms with Crippen molar-refractivity contribution in [3.05, 3.63) is 35.4 Å². The van der Waals surface area contributed by atoms with E-state index in [1.807, 2.05) is 13.8 Å². The molecule has 0 radical (unpaired) electrons. The van der Waals surface area contributed by atoms with Crippen LogP contribution in [0.1, 0.15) is 31.9 Å². The molecule has 3 nitrogen and oxygen atoms in total. The van der Waals surface area contributed by atoms with Crippen molar-refractivity contribution < 1.29 is 9.47 Å². The number of rotatable bonds is 9. The number of hydrogen-bond donors (Lipinski definition) is 1. The molecule has 0 bridgehead atoms. The van der Waals surface area contributed by atoms with Crippen molar-refractivity contribution in [1.82, 2.24) is 5.32 Å². The maximum absolute atomic E-state index is 5.48. The largest absolute Gasteiger partial charge is 0.380 e. The fourth-order valence-electron chi connectivity index (χ4n) is 1.72. The van der Waals surface area contributed by atoms with Crippen LogP contribution >= 0.6 is 0 Å². The van der Waals surface area contributed by atoms with E-state index in [9.17, 15) is 0 Å². The molecular weight excluding hydrogens is 226 g/mol. The van der Waals surface area contributed by atoms with E-state index in [-0.39, 0.29) is 0 Å². The maximum atomic E-state index is 5.48. The summed E-state index contributed by atoms with van der Waals surface area (Å²) in [6, 6.07) is 8.76. The zero-order chi connectivity index (χ0) is 13.2. The molecule has 1 aromatic rings. The lowest BCUT2D eigenvalue weighted by atomic mass is 10.1. The minimum absolute atomic E-state index is 0.366. The number of ether oxygens (including phenoxy) is 2. The highest BCUT2D eigenvalue weighted by molar-refractivity contribution is 5.26. The molecule has 0 saturated heterocycles. The molecule has 0 fully saturated rings. The molecule has 0 aromatic heterocycles. The molecule has 0 amide bonds. The molecule has 0 aliphatic carbocycles. The van der Waals surface area contributed by atoms with Gasteiger partial charge >= 0.3 is 0 Å². The summed E-state index contributed by atoms with van der Waals surface area (Å²) in [6.45, 7) is 10.0. The minimum Gasteiger partial charge on any atom is -0.380 e. The predicted octanol–water partition coefficient (Wildman–Crippen LogP) is 2.74. The first-order valence-corrected chi connectivity index (χ1v) is 6.73. The second kappa shape index (κ2) is 9.09. The van der Waals surface area contributed by atoms with Crippen molar-refractivity contribution in [3.63, 3.8) is 0 Å². The van der Waals surface area contributed by atoms with Gasteiger partial charge in [-0.2, -0.15) is 0 Å². The lowest BCUT2D eigenvalue weighted by Crippen LogP contribution is -2.30. The average molecular weight is 251 g/mol. The number of nitrogens with one attached hydrogen (secondary N) is 1. The average Bonchev–Trinajstić information content (AvgIpc) is 2.41. The highest BCUT2D eigenvalue weighted by atomic mass is 16.5. The van der Waals surface area contributed by atoms with Gasteiger partial charge in [-0.15, -0.1) is 0 Å². The first-order valence-electron chi connectivity index (χ1n) is 6.73. The predicted molar refractivity (Wildman–Crippen MR) is 74.6 cm³/mol. The Hall–Kier alpha value is -0.900. The standard InChI is InChI=1S/C15H25NO2/c1-4-17-11-13(3)16-10-14-8-6-7-9-15(14)12-18-5-2/h6-9,13,16H,4-5,10-12H2,1-3H3. The Kier molecular flexibility index (Phi) is 7.65. The molecular formula is C15H25NO2. The second-order valence-corrected chi connectivity index (χ2v) is 4.35. The molecule has 102 valence electrons. The van der Waals surface area contributed by atoms with Crippen molar-refractivity contribution in [3.8, 4) is 0 Å². The summed E-state index contributed by atoms with van der Waals surface area (Å²) >= 11 is 0. The SMILES string of the molecule is CCOCc1ccccc1CNC(C)COCC. The van der Waals surface area contributed by atoms with Gasteiger partial charge in [0.05, 0.1) is 13.2 Å². The second-order valence-electron chi connectivity index (χ2n) is 4.35. The van der Waals surface area contributed by atoms with Gasteiger partial charge in [-0.25, -0.2) is 0 Å². The molecule has 0 aliphatic rings. The van der Waals surface area contributed by atoms with Crippen molar-refractivity contribution in [2.24, 2.45) is 0 Å². The third-order valence-electron chi connectivity index (χ3n) is 2.79. The van der Waals surface area contributed by atoms with Crippen LogP contribution in [0.2, 0.25) is 0 Å². The van der Waals surface area contributed by atoms with Gasteiger partial charge in [-0.1, -0.05) is 24.3 Å². The van der Waals surface area contributed by atoms with Gasteiger partial charge in [-0.3, -0.25) is 0 Å². The van der Waals surface area contributed by atoms with Crippen LogP contribution in [0.15, 0.2) is 24.3 Å². The van der Waals surface area contributed by atoms with Crippen LogP contribution in [0.5, 0.6) is 0 Å². The van der Waals surface area contributed by atoms with Gasteiger partial charge in [0, 0.05) is 25.8 Å². The summed E-state index contributed by atoms with van der Waals surface area (Å²) < 4.78 is 10.9. The van der Waals surface area contributed by atoms with Crippen LogP contribution in [0.25, 0.3) is 0 Å². The Bertz CT molecular complexity index is 328. The van der Waals surface area contributed by atoms with Crippen LogP contribution in [0.3, 0.4) is 0 Å². The van der Waals surface area contributed by atoms with Crippen molar-refractivity contribution >= 4 is 0 Å². The first kappa shape index (κ1) is 15.2. The van der Waals surface area contributed by atoms with Gasteiger partial charge in [0.25, 0.3) is 0 Å². The third kappa shape index (κ3) is 5.63. The van der Waals surface area contributed by atoms with Gasteiger partial charge in [-0.05, 0) is 31.9 Å². The monoisotopic (exact) mass is 251 g/mol. The Morgan fingerprint density at radius 1 is 1.06 bits per heavy atom. The first-order chi connectivity index (χ1) is 8.77. The molecule has 0 saturated carbocycles. The van der Waals surface area contributed by atoms with Gasteiger partial charge < -0.3 is 14.8 Å². The fourth-order valence-corrected chi connectivity index (χ4v) is 1.72. The molecule has 3 heteroatoms. The normalized spacial score (nSPS) is 12.6. The molecule has 1 atom stereocenters. The lowest BCUT2D eigenvalue weighted by Gasteiger charge is -2.15. The van der Waals surface area contributed by atoms with E-state index in [0.29, 0.717) is 12.6 Å². The van der Waals surface area contributed by atoms with E-state index in [1.165, 1.54) is 11.1 Å². The Morgan fingerprint density at radius 3 is 2.39 bits per heavy atom. The van der Waals surface area contributed by atoms with Crippen LogP contribution in [-0.4, -0.2) is 25.9 Å². The van der Waals surface area contributed by atoms with Crippen LogP contribution < -0.4 is 5.32 Å². The Labute approximate surface area is 110 Å². The number of hydrogen-bond acceptors (Lipinski definition) is 3. The van der Waals surface area contributed by atoms with Crippen molar-refractivity contribution in [1.29, 1.82) is 0 Å². The smallest absolute Gasteiger partial charge is 0.0719 e. The summed E-state index contributed by atoms with van der Waals surface area (Å²) in [5.74, 6) is 0. The molecule has 0 spiro atoms. The van der Waals surface area contributed by atoms with Gasteiger partial charge in [0.15, 0.2) is 0 Å². The zero-order valence-corrected chi connectivity index (χ0v) is 11.7. The Balaban J connectivity index is 2.45. The third-order valence-corrected chi connectivity index (χ3v) is 2.79. The summed E-state index contributed by atoms with van der Waals surface area (Å²) in [6.07, 6.45) is 0. The highest BCUT2D eigenvalue weighted by Gasteiger charge is 2.04. The lowest BCUT2D eigenvalue weighted by molar-refractivity contribution is 0.126. The zero-order valence-electron chi connectivity index (χ0n) is 11.7. The van der Waals surface area contributed by atoms with E-state index in [4.69, 9.17) is 9.47 Å². The van der Waals surface area contributed by atoms with E-state index in [0.717, 1.165) is 26.4 Å². The summed E-state index contributed by atoms with van der Waals surface area (Å²) in [4.78, 5) is 0. The van der Waals surface area contributed by atoms with Crippen molar-refractivity contribution in [2.75, 3.05) is 19.8 Å². The van der Waals surface area contributed by atoms with Crippen LogP contribution in [0, 0.1) is 0 Å². The van der Waals surface area contributed by atoms with E-state index in [2.05, 4.69) is 36.5 Å². The quantitative estimate of drug-likeness (QED) is 0.732. The minimum atomic E-state index is 0.366. The maximum Gasteiger partial charge on any atom is 0.0719 e. The summed E-state index contributed by atoms with van der Waals surface area (Å²) in [5.41, 5.74) is 2.56. The Morgan fingerprint density at radius 2 is 1.72 bits per heavy atom. The van der Waals surface area contributed by atoms with E-state index in [1.54, 1.807) is 0 Å². The molecule has 0 heterocycles. The van der Waals surface area contributed by atoms with Gasteiger partial charge in [0.1, 0.15) is 0 Å². The van der Waals surface area contributed by atoms with Crippen molar-refractivity contribution in [2.45, 2.75) is 40.0 Å². The molecule has 1 rings (SSSR count). The molecule has 1 N–H and O–H groups in total. The molecule has 1 aromatic carbocycles. The molecule has 18 heavy (non-hydrogen) atoms.